The monoisotopic (exact) mass is 808 g/mol. The molecule has 2 aliphatic rings. The Morgan fingerprint density at radius 2 is 1.52 bits per heavy atom. The summed E-state index contributed by atoms with van der Waals surface area (Å²) in [5.41, 5.74) is 3.25. The maximum absolute atomic E-state index is 14.9. The van der Waals surface area contributed by atoms with E-state index in [4.69, 9.17) is 32.7 Å². The van der Waals surface area contributed by atoms with Gasteiger partial charge in [0.1, 0.15) is 5.69 Å². The highest BCUT2D eigenvalue weighted by Gasteiger charge is 2.51. The molecule has 0 saturated carbocycles. The normalized spacial score (nSPS) is 18.1. The molecule has 2 aliphatic heterocycles. The third-order valence-corrected chi connectivity index (χ3v) is 17.3. The van der Waals surface area contributed by atoms with Gasteiger partial charge >= 0.3 is 0 Å². The summed E-state index contributed by atoms with van der Waals surface area (Å²) in [6.45, 7) is 15.3. The second kappa shape index (κ2) is 15.3. The van der Waals surface area contributed by atoms with Crippen LogP contribution in [0.3, 0.4) is 0 Å². The van der Waals surface area contributed by atoms with E-state index in [1.807, 2.05) is 59.8 Å². The van der Waals surface area contributed by atoms with E-state index in [0.717, 1.165) is 22.4 Å². The number of halogens is 2. The number of aliphatic hydroxyl groups is 1. The molecule has 0 bridgehead atoms. The van der Waals surface area contributed by atoms with Gasteiger partial charge in [-0.2, -0.15) is 5.10 Å². The minimum atomic E-state index is -2.94. The van der Waals surface area contributed by atoms with Crippen LogP contribution < -0.4 is 10.4 Å². The Hall–Kier alpha value is -4.25. The van der Waals surface area contributed by atoms with Gasteiger partial charge in [0.15, 0.2) is 0 Å². The molecule has 56 heavy (non-hydrogen) atoms. The SMILES string of the molecule is CC(c1ccc(C(C)(C)O)cc1)N1C[C@@H](CO[Si](c2ccccc2)(c2ccccc2)C(C)(C)C)n2nc3c(c2C1=O)CN(C(=O)c1ccc(Cl)c(Cl)c1)[C@H](C)C3. The van der Waals surface area contributed by atoms with E-state index in [0.29, 0.717) is 40.9 Å². The lowest BCUT2D eigenvalue weighted by molar-refractivity contribution is 0.0520. The summed E-state index contributed by atoms with van der Waals surface area (Å²) in [5, 5.41) is 18.6. The van der Waals surface area contributed by atoms with Crippen LogP contribution in [0.1, 0.15) is 104 Å². The van der Waals surface area contributed by atoms with Gasteiger partial charge in [-0.1, -0.05) is 129 Å². The van der Waals surface area contributed by atoms with Crippen molar-refractivity contribution in [3.05, 3.63) is 147 Å². The van der Waals surface area contributed by atoms with Crippen LogP contribution in [0.4, 0.5) is 0 Å². The molecule has 2 amide bonds. The zero-order valence-electron chi connectivity index (χ0n) is 33.1. The predicted octanol–water partition coefficient (Wildman–Crippen LogP) is 8.34. The van der Waals surface area contributed by atoms with E-state index in [-0.39, 0.29) is 41.5 Å². The molecule has 292 valence electrons. The van der Waals surface area contributed by atoms with Crippen molar-refractivity contribution in [2.45, 2.75) is 90.2 Å². The van der Waals surface area contributed by atoms with Crippen molar-refractivity contribution in [2.75, 3.05) is 13.2 Å². The number of aromatic nitrogens is 2. The summed E-state index contributed by atoms with van der Waals surface area (Å²) in [6, 6.07) is 33.0. The van der Waals surface area contributed by atoms with Crippen LogP contribution >= 0.6 is 23.2 Å². The van der Waals surface area contributed by atoms with Crippen molar-refractivity contribution in [3.8, 4) is 0 Å². The maximum Gasteiger partial charge on any atom is 0.273 e. The molecule has 3 atom stereocenters. The molecule has 0 saturated heterocycles. The van der Waals surface area contributed by atoms with Crippen LogP contribution in [0.15, 0.2) is 103 Å². The molecule has 1 aromatic heterocycles. The van der Waals surface area contributed by atoms with Crippen molar-refractivity contribution in [3.63, 3.8) is 0 Å². The Morgan fingerprint density at radius 1 is 0.911 bits per heavy atom. The van der Waals surface area contributed by atoms with Crippen LogP contribution in [0.25, 0.3) is 0 Å². The molecule has 4 aromatic carbocycles. The van der Waals surface area contributed by atoms with E-state index >= 15 is 0 Å². The van der Waals surface area contributed by atoms with Crippen LogP contribution in [-0.4, -0.2) is 64.0 Å². The summed E-state index contributed by atoms with van der Waals surface area (Å²) in [5.74, 6) is -0.329. The molecule has 11 heteroatoms. The van der Waals surface area contributed by atoms with Gasteiger partial charge in [-0.3, -0.25) is 14.3 Å². The summed E-state index contributed by atoms with van der Waals surface area (Å²) in [7, 11) is -2.94. The predicted molar refractivity (Wildman–Crippen MR) is 225 cm³/mol. The Labute approximate surface area is 341 Å². The molecule has 1 N–H and O–H groups in total. The highest BCUT2D eigenvalue weighted by atomic mass is 35.5. The zero-order valence-corrected chi connectivity index (χ0v) is 35.6. The summed E-state index contributed by atoms with van der Waals surface area (Å²) < 4.78 is 9.39. The van der Waals surface area contributed by atoms with Gasteiger partial charge in [0.05, 0.1) is 46.6 Å². The van der Waals surface area contributed by atoms with Gasteiger partial charge in [-0.05, 0) is 72.4 Å². The van der Waals surface area contributed by atoms with Crippen LogP contribution in [0.5, 0.6) is 0 Å². The quantitative estimate of drug-likeness (QED) is 0.151. The van der Waals surface area contributed by atoms with Crippen LogP contribution in [0.2, 0.25) is 15.1 Å². The number of amides is 2. The lowest BCUT2D eigenvalue weighted by atomic mass is 9.94. The number of rotatable bonds is 9. The number of carbonyl (C=O) groups is 2. The largest absolute Gasteiger partial charge is 0.405 e. The zero-order chi connectivity index (χ0) is 40.2. The summed E-state index contributed by atoms with van der Waals surface area (Å²) >= 11 is 12.5. The van der Waals surface area contributed by atoms with Gasteiger partial charge < -0.3 is 19.3 Å². The van der Waals surface area contributed by atoms with Crippen molar-refractivity contribution >= 4 is 53.7 Å². The van der Waals surface area contributed by atoms with Crippen LogP contribution in [0, 0.1) is 0 Å². The van der Waals surface area contributed by atoms with Gasteiger partial charge in [-0.15, -0.1) is 0 Å². The molecule has 0 aliphatic carbocycles. The van der Waals surface area contributed by atoms with Gasteiger partial charge in [0.2, 0.25) is 0 Å². The van der Waals surface area contributed by atoms with Crippen LogP contribution in [-0.2, 0) is 23.0 Å². The topological polar surface area (TPSA) is 87.9 Å². The molecule has 1 unspecified atom stereocenters. The van der Waals surface area contributed by atoms with E-state index in [9.17, 15) is 14.7 Å². The Kier molecular flexibility index (Phi) is 10.9. The molecule has 0 spiro atoms. The molecular formula is C45H50Cl2N4O4Si. The number of nitrogens with zero attached hydrogens (tertiary/aromatic N) is 4. The van der Waals surface area contributed by atoms with E-state index in [1.165, 1.54) is 10.4 Å². The Balaban J connectivity index is 1.31. The van der Waals surface area contributed by atoms with Gasteiger partial charge in [0.25, 0.3) is 20.1 Å². The highest BCUT2D eigenvalue weighted by molar-refractivity contribution is 6.99. The third-order valence-electron chi connectivity index (χ3n) is 11.6. The Bertz CT molecular complexity index is 2190. The molecule has 5 aromatic rings. The lowest BCUT2D eigenvalue weighted by Crippen LogP contribution is -2.67. The number of benzene rings is 4. The lowest BCUT2D eigenvalue weighted by Gasteiger charge is -2.45. The molecule has 7 rings (SSSR count). The average molecular weight is 810 g/mol. The molecule has 8 nitrogen and oxygen atoms in total. The minimum absolute atomic E-state index is 0.143. The fourth-order valence-corrected chi connectivity index (χ4v) is 13.3. The van der Waals surface area contributed by atoms with Crippen molar-refractivity contribution in [1.82, 2.24) is 19.6 Å². The number of carbonyl (C=O) groups excluding carboxylic acids is 2. The van der Waals surface area contributed by atoms with Crippen molar-refractivity contribution in [1.29, 1.82) is 0 Å². The molecule has 0 radical (unpaired) electrons. The Morgan fingerprint density at radius 3 is 2.07 bits per heavy atom. The molecular weight excluding hydrogens is 760 g/mol. The molecule has 3 heterocycles. The molecule has 0 fully saturated rings. The second-order valence-corrected chi connectivity index (χ2v) is 21.9. The van der Waals surface area contributed by atoms with E-state index < -0.39 is 13.9 Å². The van der Waals surface area contributed by atoms with Crippen molar-refractivity contribution < 1.29 is 19.1 Å². The second-order valence-electron chi connectivity index (χ2n) is 16.8. The first kappa shape index (κ1) is 40.0. The summed E-state index contributed by atoms with van der Waals surface area (Å²) in [6.07, 6.45) is 0.492. The first-order valence-electron chi connectivity index (χ1n) is 19.3. The van der Waals surface area contributed by atoms with E-state index in [2.05, 4.69) is 69.3 Å². The third kappa shape index (κ3) is 7.24. The fourth-order valence-electron chi connectivity index (χ4n) is 8.43. The maximum atomic E-state index is 14.9. The average Bonchev–Trinajstić information content (AvgIpc) is 3.55. The number of hydrogen-bond acceptors (Lipinski definition) is 5. The smallest absolute Gasteiger partial charge is 0.273 e. The first-order valence-corrected chi connectivity index (χ1v) is 21.9. The standard InChI is InChI=1S/C45H50Cl2N4O4Si/c1-29-24-40-37(27-49(29)42(52)32-20-23-38(46)39(47)25-32)41-43(53)50(30(2)31-18-21-33(22-19-31)45(6,7)54)26-34(51(41)48-40)28-55-56(44(3,4)5,35-14-10-8-11-15-35)36-16-12-9-13-17-36/h8-23,25,29-30,34,54H,24,26-28H2,1-7H3/t29-,30?,34+/m1/s1. The van der Waals surface area contributed by atoms with Gasteiger partial charge in [0, 0.05) is 30.1 Å². The minimum Gasteiger partial charge on any atom is -0.405 e. The number of fused-ring (bicyclic) bond motifs is 3. The fraction of sp³-hybridized carbons (Fsp3) is 0.356. The summed E-state index contributed by atoms with van der Waals surface area (Å²) in [4.78, 5) is 32.6. The van der Waals surface area contributed by atoms with Gasteiger partial charge in [-0.25, -0.2) is 0 Å². The first-order chi connectivity index (χ1) is 26.5. The number of hydrogen-bond donors (Lipinski definition) is 1. The van der Waals surface area contributed by atoms with Crippen molar-refractivity contribution in [2.24, 2.45) is 0 Å². The highest BCUT2D eigenvalue weighted by Crippen LogP contribution is 2.40. The van der Waals surface area contributed by atoms with E-state index in [1.54, 1.807) is 36.9 Å².